The van der Waals surface area contributed by atoms with Crippen molar-refractivity contribution >= 4 is 0 Å². The number of piperidine rings is 1. The monoisotopic (exact) mass is 219 g/mol. The fourth-order valence-electron chi connectivity index (χ4n) is 2.95. The van der Waals surface area contributed by atoms with E-state index in [1.54, 1.807) is 12.4 Å². The number of aromatic nitrogens is 2. The van der Waals surface area contributed by atoms with Gasteiger partial charge in [0.05, 0.1) is 0 Å². The van der Waals surface area contributed by atoms with E-state index in [1.165, 1.54) is 12.8 Å². The van der Waals surface area contributed by atoms with Crippen molar-refractivity contribution in [2.45, 2.75) is 43.9 Å². The first-order valence-corrected chi connectivity index (χ1v) is 5.98. The summed E-state index contributed by atoms with van der Waals surface area (Å²) in [5.74, 6) is 0. The van der Waals surface area contributed by atoms with Gasteiger partial charge in [0.25, 0.3) is 0 Å². The second kappa shape index (κ2) is 4.01. The fraction of sp³-hybridized carbons (Fsp3) is 0.667. The number of hydrogen-bond donors (Lipinski definition) is 0. The molecule has 2 atom stereocenters. The zero-order valence-corrected chi connectivity index (χ0v) is 9.54. The molecule has 0 aromatic carbocycles. The lowest BCUT2D eigenvalue weighted by Gasteiger charge is -2.35. The second-order valence-electron chi connectivity index (χ2n) is 4.79. The van der Waals surface area contributed by atoms with Gasteiger partial charge in [0.2, 0.25) is 0 Å². The van der Waals surface area contributed by atoms with Crippen LogP contribution in [0.1, 0.15) is 25.7 Å². The summed E-state index contributed by atoms with van der Waals surface area (Å²) in [6.45, 7) is 0. The molecule has 2 saturated heterocycles. The van der Waals surface area contributed by atoms with E-state index in [4.69, 9.17) is 4.74 Å². The van der Waals surface area contributed by atoms with Gasteiger partial charge < -0.3 is 9.64 Å². The van der Waals surface area contributed by atoms with Gasteiger partial charge in [0, 0.05) is 37.3 Å². The minimum Gasteiger partial charge on any atom is -0.460 e. The molecule has 0 aliphatic carbocycles. The first-order valence-electron chi connectivity index (χ1n) is 5.98. The van der Waals surface area contributed by atoms with Crippen molar-refractivity contribution in [3.63, 3.8) is 0 Å². The summed E-state index contributed by atoms with van der Waals surface area (Å²) >= 11 is 0. The average molecular weight is 219 g/mol. The van der Waals surface area contributed by atoms with E-state index >= 15 is 0 Å². The zero-order chi connectivity index (χ0) is 11.0. The Bertz CT molecular complexity index is 343. The number of ether oxygens (including phenoxy) is 1. The molecule has 0 saturated carbocycles. The molecule has 0 N–H and O–H groups in total. The molecule has 2 aliphatic heterocycles. The van der Waals surface area contributed by atoms with Gasteiger partial charge in [-0.3, -0.25) is 0 Å². The van der Waals surface area contributed by atoms with Crippen LogP contribution in [-0.4, -0.2) is 40.1 Å². The Balaban J connectivity index is 1.66. The van der Waals surface area contributed by atoms with Crippen LogP contribution in [0.2, 0.25) is 0 Å². The van der Waals surface area contributed by atoms with E-state index in [0.29, 0.717) is 24.2 Å². The van der Waals surface area contributed by atoms with Gasteiger partial charge in [0.15, 0.2) is 0 Å². The number of hydrogen-bond acceptors (Lipinski definition) is 4. The highest BCUT2D eigenvalue weighted by molar-refractivity contribution is 4.99. The van der Waals surface area contributed by atoms with Crippen molar-refractivity contribution in [2.24, 2.45) is 0 Å². The van der Waals surface area contributed by atoms with Crippen LogP contribution in [0.4, 0.5) is 0 Å². The molecule has 1 aromatic rings. The highest BCUT2D eigenvalue weighted by Gasteiger charge is 2.39. The molecule has 3 heterocycles. The van der Waals surface area contributed by atoms with Gasteiger partial charge in [-0.2, -0.15) is 0 Å². The molecule has 0 spiro atoms. The van der Waals surface area contributed by atoms with E-state index in [2.05, 4.69) is 21.9 Å². The van der Waals surface area contributed by atoms with Crippen LogP contribution in [0.15, 0.2) is 18.5 Å². The van der Waals surface area contributed by atoms with Gasteiger partial charge in [-0.15, -0.1) is 0 Å². The van der Waals surface area contributed by atoms with Crippen LogP contribution in [0.25, 0.3) is 0 Å². The zero-order valence-electron chi connectivity index (χ0n) is 9.54. The molecule has 0 amide bonds. The maximum Gasteiger partial charge on any atom is 0.316 e. The molecular formula is C12H17N3O. The van der Waals surface area contributed by atoms with Crippen molar-refractivity contribution in [2.75, 3.05) is 7.05 Å². The van der Waals surface area contributed by atoms with Crippen molar-refractivity contribution < 1.29 is 4.74 Å². The standard InChI is InChI=1S/C12H17N3O/c1-15-9-3-4-10(15)8-11(7-9)16-12-13-5-2-6-14-12/h2,5-6,9-11H,3-4,7-8H2,1H3. The Morgan fingerprint density at radius 1 is 1.19 bits per heavy atom. The van der Waals surface area contributed by atoms with Crippen LogP contribution in [0.3, 0.4) is 0 Å². The first kappa shape index (κ1) is 10.0. The molecule has 86 valence electrons. The van der Waals surface area contributed by atoms with Crippen molar-refractivity contribution in [3.05, 3.63) is 18.5 Å². The highest BCUT2D eigenvalue weighted by atomic mass is 16.5. The van der Waals surface area contributed by atoms with E-state index in [0.717, 1.165) is 12.8 Å². The molecule has 3 rings (SSSR count). The molecule has 0 radical (unpaired) electrons. The van der Waals surface area contributed by atoms with Gasteiger partial charge in [-0.05, 0) is 26.0 Å². The first-order chi connectivity index (χ1) is 7.83. The van der Waals surface area contributed by atoms with E-state index in [-0.39, 0.29) is 0 Å². The minimum atomic E-state index is 0.302. The SMILES string of the molecule is CN1C2CCC1CC(Oc1ncccn1)C2. The van der Waals surface area contributed by atoms with Gasteiger partial charge >= 0.3 is 6.01 Å². The lowest BCUT2D eigenvalue weighted by Crippen LogP contribution is -2.44. The van der Waals surface area contributed by atoms with Gasteiger partial charge in [-0.25, -0.2) is 9.97 Å². The Labute approximate surface area is 95.7 Å². The van der Waals surface area contributed by atoms with Gasteiger partial charge in [-0.1, -0.05) is 0 Å². The summed E-state index contributed by atoms with van der Waals surface area (Å²) in [7, 11) is 2.23. The van der Waals surface area contributed by atoms with E-state index in [1.807, 2.05) is 6.07 Å². The molecule has 2 unspecified atom stereocenters. The van der Waals surface area contributed by atoms with E-state index < -0.39 is 0 Å². The van der Waals surface area contributed by atoms with Crippen LogP contribution in [0.5, 0.6) is 6.01 Å². The second-order valence-corrected chi connectivity index (χ2v) is 4.79. The van der Waals surface area contributed by atoms with E-state index in [9.17, 15) is 0 Å². The normalized spacial score (nSPS) is 33.9. The summed E-state index contributed by atoms with van der Waals surface area (Å²) in [5.41, 5.74) is 0. The highest BCUT2D eigenvalue weighted by Crippen LogP contribution is 2.35. The molecule has 4 heteroatoms. The lowest BCUT2D eigenvalue weighted by atomic mass is 10.0. The third-order valence-electron chi connectivity index (χ3n) is 3.87. The number of rotatable bonds is 2. The molecule has 1 aromatic heterocycles. The molecule has 16 heavy (non-hydrogen) atoms. The summed E-state index contributed by atoms with van der Waals surface area (Å²) < 4.78 is 5.84. The summed E-state index contributed by atoms with van der Waals surface area (Å²) in [6, 6.07) is 3.74. The predicted octanol–water partition coefficient (Wildman–Crippen LogP) is 1.48. The lowest BCUT2D eigenvalue weighted by molar-refractivity contribution is 0.0600. The Kier molecular flexibility index (Phi) is 2.52. The number of fused-ring (bicyclic) bond motifs is 2. The fourth-order valence-corrected chi connectivity index (χ4v) is 2.95. The minimum absolute atomic E-state index is 0.302. The van der Waals surface area contributed by atoms with Gasteiger partial charge in [0.1, 0.15) is 6.10 Å². The van der Waals surface area contributed by atoms with Crippen molar-refractivity contribution in [1.82, 2.24) is 14.9 Å². The Morgan fingerprint density at radius 2 is 1.81 bits per heavy atom. The molecule has 2 fully saturated rings. The number of nitrogens with zero attached hydrogens (tertiary/aromatic N) is 3. The molecule has 2 bridgehead atoms. The molecular weight excluding hydrogens is 202 g/mol. The van der Waals surface area contributed by atoms with Crippen LogP contribution in [0, 0.1) is 0 Å². The summed E-state index contributed by atoms with van der Waals surface area (Å²) in [5, 5.41) is 0. The molecule has 4 nitrogen and oxygen atoms in total. The van der Waals surface area contributed by atoms with Crippen molar-refractivity contribution in [1.29, 1.82) is 0 Å². The topological polar surface area (TPSA) is 38.2 Å². The predicted molar refractivity (Wildman–Crippen MR) is 60.3 cm³/mol. The Morgan fingerprint density at radius 3 is 2.44 bits per heavy atom. The third kappa shape index (κ3) is 1.78. The van der Waals surface area contributed by atoms with Crippen molar-refractivity contribution in [3.8, 4) is 6.01 Å². The van der Waals surface area contributed by atoms with Crippen LogP contribution < -0.4 is 4.74 Å². The third-order valence-corrected chi connectivity index (χ3v) is 3.87. The average Bonchev–Trinajstić information content (AvgIpc) is 2.54. The Hall–Kier alpha value is -1.16. The maximum atomic E-state index is 5.84. The summed E-state index contributed by atoms with van der Waals surface area (Å²) in [6.07, 6.45) is 8.62. The maximum absolute atomic E-state index is 5.84. The van der Waals surface area contributed by atoms with Crippen LogP contribution in [-0.2, 0) is 0 Å². The largest absolute Gasteiger partial charge is 0.460 e. The smallest absolute Gasteiger partial charge is 0.316 e. The molecule has 2 aliphatic rings. The van der Waals surface area contributed by atoms with Crippen LogP contribution >= 0.6 is 0 Å². The summed E-state index contributed by atoms with van der Waals surface area (Å²) in [4.78, 5) is 10.7. The quantitative estimate of drug-likeness (QED) is 0.755.